The predicted molar refractivity (Wildman–Crippen MR) is 101 cm³/mol. The van der Waals surface area contributed by atoms with Gasteiger partial charge in [-0.1, -0.05) is 12.1 Å². The van der Waals surface area contributed by atoms with Crippen LogP contribution in [0, 0.1) is 0 Å². The quantitative estimate of drug-likeness (QED) is 0.875. The maximum Gasteiger partial charge on any atom is 0.254 e. The number of phenols is 1. The number of anilines is 1. The highest BCUT2D eigenvalue weighted by Crippen LogP contribution is 2.25. The molecule has 140 valence electrons. The van der Waals surface area contributed by atoms with E-state index < -0.39 is 6.10 Å². The average molecular weight is 366 g/mol. The number of nitrogens with one attached hydrogen (secondary N) is 1. The number of phenolic OH excluding ortho intramolecular Hbond substituents is 1. The van der Waals surface area contributed by atoms with E-state index in [1.807, 2.05) is 6.07 Å². The lowest BCUT2D eigenvalue weighted by molar-refractivity contribution is -0.124. The van der Waals surface area contributed by atoms with E-state index in [1.165, 1.54) is 0 Å². The Bertz CT molecular complexity index is 874. The van der Waals surface area contributed by atoms with Gasteiger partial charge in [-0.2, -0.15) is 0 Å². The molecule has 0 aromatic heterocycles. The van der Waals surface area contributed by atoms with Crippen LogP contribution in [0.2, 0.25) is 0 Å². The summed E-state index contributed by atoms with van der Waals surface area (Å²) < 4.78 is 5.40. The van der Waals surface area contributed by atoms with Crippen LogP contribution >= 0.6 is 0 Å². The van der Waals surface area contributed by atoms with E-state index in [9.17, 15) is 14.7 Å². The lowest BCUT2D eigenvalue weighted by Gasteiger charge is -2.29. The predicted octanol–water partition coefficient (Wildman–Crippen LogP) is 2.71. The van der Waals surface area contributed by atoms with E-state index in [-0.39, 0.29) is 17.6 Å². The minimum atomic E-state index is -0.407. The number of carbonyl (C=O) groups excluding carboxylic acids is 2. The van der Waals surface area contributed by atoms with Crippen molar-refractivity contribution in [2.45, 2.75) is 31.9 Å². The second kappa shape index (κ2) is 7.40. The molecule has 2 aromatic rings. The van der Waals surface area contributed by atoms with Crippen molar-refractivity contribution in [2.24, 2.45) is 0 Å². The van der Waals surface area contributed by atoms with Gasteiger partial charge in [-0.25, -0.2) is 0 Å². The Morgan fingerprint density at radius 1 is 1.15 bits per heavy atom. The maximum atomic E-state index is 12.9. The smallest absolute Gasteiger partial charge is 0.254 e. The third-order valence-corrected chi connectivity index (χ3v) is 5.09. The summed E-state index contributed by atoms with van der Waals surface area (Å²) in [5, 5.41) is 12.5. The highest BCUT2D eigenvalue weighted by molar-refractivity contribution is 5.98. The molecular weight excluding hydrogens is 344 g/mol. The van der Waals surface area contributed by atoms with E-state index in [1.54, 1.807) is 41.3 Å². The van der Waals surface area contributed by atoms with Crippen molar-refractivity contribution in [1.82, 2.24) is 4.90 Å². The summed E-state index contributed by atoms with van der Waals surface area (Å²) in [4.78, 5) is 26.9. The molecule has 1 fully saturated rings. The first-order valence-electron chi connectivity index (χ1n) is 9.23. The first kappa shape index (κ1) is 17.5. The van der Waals surface area contributed by atoms with Crippen molar-refractivity contribution in [3.63, 3.8) is 0 Å². The highest BCUT2D eigenvalue weighted by atomic mass is 16.5. The monoisotopic (exact) mass is 366 g/mol. The molecule has 2 heterocycles. The maximum absolute atomic E-state index is 12.9. The van der Waals surface area contributed by atoms with Crippen molar-refractivity contribution < 1.29 is 19.4 Å². The first-order chi connectivity index (χ1) is 13.1. The van der Waals surface area contributed by atoms with Crippen LogP contribution in [-0.2, 0) is 22.5 Å². The van der Waals surface area contributed by atoms with Gasteiger partial charge in [-0.3, -0.25) is 9.59 Å². The fourth-order valence-corrected chi connectivity index (χ4v) is 3.64. The number of nitrogens with zero attached hydrogens (tertiary/aromatic N) is 1. The number of benzene rings is 2. The standard InChI is InChI=1S/C21H22N2O4/c24-18-7-6-14-8-9-23(13-16(14)12-18)21(26)15-3-1-4-17(11-15)22-20(25)19-5-2-10-27-19/h1,3-4,6-7,11-12,19,24H,2,5,8-10,13H2,(H,22,25). The second-order valence-corrected chi connectivity index (χ2v) is 7.00. The van der Waals surface area contributed by atoms with Crippen molar-refractivity contribution in [3.8, 4) is 5.75 Å². The highest BCUT2D eigenvalue weighted by Gasteiger charge is 2.25. The average Bonchev–Trinajstić information content (AvgIpc) is 3.22. The van der Waals surface area contributed by atoms with Gasteiger partial charge in [0.25, 0.3) is 11.8 Å². The van der Waals surface area contributed by atoms with Gasteiger partial charge in [-0.05, 0) is 60.7 Å². The molecule has 6 nitrogen and oxygen atoms in total. The molecule has 6 heteroatoms. The summed E-state index contributed by atoms with van der Waals surface area (Å²) in [6, 6.07) is 12.3. The number of fused-ring (bicyclic) bond motifs is 1. The molecule has 0 saturated carbocycles. The Kier molecular flexibility index (Phi) is 4.81. The minimum Gasteiger partial charge on any atom is -0.508 e. The number of rotatable bonds is 3. The van der Waals surface area contributed by atoms with Crippen molar-refractivity contribution in [1.29, 1.82) is 0 Å². The normalized spacial score (nSPS) is 18.8. The minimum absolute atomic E-state index is 0.0859. The lowest BCUT2D eigenvalue weighted by Crippen LogP contribution is -2.36. The van der Waals surface area contributed by atoms with Gasteiger partial charge in [0.1, 0.15) is 11.9 Å². The molecule has 2 amide bonds. The van der Waals surface area contributed by atoms with Crippen LogP contribution in [0.1, 0.15) is 34.3 Å². The molecule has 2 aliphatic rings. The zero-order chi connectivity index (χ0) is 18.8. The molecule has 1 saturated heterocycles. The molecular formula is C21H22N2O4. The molecule has 1 atom stereocenters. The first-order valence-corrected chi connectivity index (χ1v) is 9.23. The van der Waals surface area contributed by atoms with Gasteiger partial charge in [0.05, 0.1) is 0 Å². The SMILES string of the molecule is O=C(Nc1cccc(C(=O)N2CCc3ccc(O)cc3C2)c1)C1CCCO1. The van der Waals surface area contributed by atoms with Crippen molar-refractivity contribution in [2.75, 3.05) is 18.5 Å². The summed E-state index contributed by atoms with van der Waals surface area (Å²) >= 11 is 0. The molecule has 2 aliphatic heterocycles. The summed E-state index contributed by atoms with van der Waals surface area (Å²) in [6.45, 7) is 1.71. The number of ether oxygens (including phenoxy) is 1. The zero-order valence-electron chi connectivity index (χ0n) is 15.0. The Morgan fingerprint density at radius 2 is 2.04 bits per heavy atom. The molecule has 2 N–H and O–H groups in total. The van der Waals surface area contributed by atoms with Gasteiger partial charge >= 0.3 is 0 Å². The Hall–Kier alpha value is -2.86. The summed E-state index contributed by atoms with van der Waals surface area (Å²) in [7, 11) is 0. The number of hydrogen-bond acceptors (Lipinski definition) is 4. The topological polar surface area (TPSA) is 78.9 Å². The van der Waals surface area contributed by atoms with Crippen LogP contribution in [0.5, 0.6) is 5.75 Å². The number of amides is 2. The van der Waals surface area contributed by atoms with Gasteiger partial charge in [-0.15, -0.1) is 0 Å². The van der Waals surface area contributed by atoms with Crippen LogP contribution in [0.3, 0.4) is 0 Å². The van der Waals surface area contributed by atoms with E-state index in [0.29, 0.717) is 30.9 Å². The molecule has 0 radical (unpaired) electrons. The van der Waals surface area contributed by atoms with Crippen LogP contribution in [0.15, 0.2) is 42.5 Å². The third-order valence-electron chi connectivity index (χ3n) is 5.09. The Labute approximate surface area is 157 Å². The van der Waals surface area contributed by atoms with Gasteiger partial charge < -0.3 is 20.1 Å². The molecule has 4 rings (SSSR count). The van der Waals surface area contributed by atoms with Crippen LogP contribution in [0.25, 0.3) is 0 Å². The fourth-order valence-electron chi connectivity index (χ4n) is 3.64. The molecule has 0 aliphatic carbocycles. The van der Waals surface area contributed by atoms with E-state index in [2.05, 4.69) is 5.32 Å². The molecule has 0 bridgehead atoms. The van der Waals surface area contributed by atoms with Gasteiger partial charge in [0, 0.05) is 30.9 Å². The Morgan fingerprint density at radius 3 is 2.85 bits per heavy atom. The molecule has 1 unspecified atom stereocenters. The van der Waals surface area contributed by atoms with Gasteiger partial charge in [0.2, 0.25) is 0 Å². The molecule has 27 heavy (non-hydrogen) atoms. The van der Waals surface area contributed by atoms with Crippen LogP contribution in [0.4, 0.5) is 5.69 Å². The largest absolute Gasteiger partial charge is 0.508 e. The fraction of sp³-hybridized carbons (Fsp3) is 0.333. The van der Waals surface area contributed by atoms with E-state index in [0.717, 1.165) is 30.4 Å². The molecule has 0 spiro atoms. The Balaban J connectivity index is 1.47. The number of aromatic hydroxyl groups is 1. The number of hydrogen-bond donors (Lipinski definition) is 2. The molecule has 2 aromatic carbocycles. The van der Waals surface area contributed by atoms with E-state index >= 15 is 0 Å². The zero-order valence-corrected chi connectivity index (χ0v) is 15.0. The van der Waals surface area contributed by atoms with E-state index in [4.69, 9.17) is 4.74 Å². The second-order valence-electron chi connectivity index (χ2n) is 7.00. The van der Waals surface area contributed by atoms with Crippen molar-refractivity contribution >= 4 is 17.5 Å². The lowest BCUT2D eigenvalue weighted by atomic mass is 9.99. The van der Waals surface area contributed by atoms with Crippen LogP contribution < -0.4 is 5.32 Å². The number of carbonyl (C=O) groups is 2. The van der Waals surface area contributed by atoms with Crippen molar-refractivity contribution in [3.05, 3.63) is 59.2 Å². The summed E-state index contributed by atoms with van der Waals surface area (Å²) in [5.74, 6) is -0.0430. The summed E-state index contributed by atoms with van der Waals surface area (Å²) in [6.07, 6.45) is 1.97. The van der Waals surface area contributed by atoms with Crippen LogP contribution in [-0.4, -0.2) is 41.1 Å². The summed E-state index contributed by atoms with van der Waals surface area (Å²) in [5.41, 5.74) is 3.26. The van der Waals surface area contributed by atoms with Gasteiger partial charge in [0.15, 0.2) is 0 Å². The third kappa shape index (κ3) is 3.80.